The first-order valence-corrected chi connectivity index (χ1v) is 17.6. The van der Waals surface area contributed by atoms with Gasteiger partial charge in [-0.2, -0.15) is 0 Å². The van der Waals surface area contributed by atoms with Crippen LogP contribution in [-0.4, -0.2) is 22.2 Å². The third-order valence-electron chi connectivity index (χ3n) is 7.17. The van der Waals surface area contributed by atoms with Crippen molar-refractivity contribution in [2.45, 2.75) is 20.8 Å². The zero-order valence-corrected chi connectivity index (χ0v) is 27.3. The Balaban J connectivity index is 1.37. The van der Waals surface area contributed by atoms with Crippen LogP contribution >= 0.6 is 68.0 Å². The van der Waals surface area contributed by atoms with E-state index in [1.54, 1.807) is 59.2 Å². The van der Waals surface area contributed by atoms with Gasteiger partial charge in [-0.15, -0.1) is 68.0 Å². The molecule has 0 bridgehead atoms. The second-order valence-electron chi connectivity index (χ2n) is 9.87. The Morgan fingerprint density at radius 3 is 1.43 bits per heavy atom. The van der Waals surface area contributed by atoms with Crippen LogP contribution in [0, 0.1) is 20.8 Å². The average Bonchev–Trinajstić information content (AvgIpc) is 3.73. The van der Waals surface area contributed by atoms with E-state index < -0.39 is 11.9 Å². The maximum absolute atomic E-state index is 12.8. The Labute approximate surface area is 264 Å². The summed E-state index contributed by atoms with van der Waals surface area (Å²) in [5.74, 6) is -2.14. The molecule has 0 saturated carbocycles. The summed E-state index contributed by atoms with van der Waals surface area (Å²) in [5, 5.41) is 21.7. The summed E-state index contributed by atoms with van der Waals surface area (Å²) < 4.78 is 4.71. The molecular weight excluding hydrogens is 643 g/mol. The minimum atomic E-state index is -1.07. The lowest BCUT2D eigenvalue weighted by atomic mass is 9.86. The number of aryl methyl sites for hydroxylation is 1. The van der Waals surface area contributed by atoms with Gasteiger partial charge in [0.1, 0.15) is 0 Å². The summed E-state index contributed by atoms with van der Waals surface area (Å²) in [5.41, 5.74) is 8.08. The number of carboxylic acids is 2. The number of rotatable bonds is 6. The topological polar surface area (TPSA) is 101 Å². The third kappa shape index (κ3) is 4.43. The normalized spacial score (nSPS) is 11.7. The molecule has 210 valence electrons. The Bertz CT molecular complexity index is 2000. The number of thiophene rings is 6. The van der Waals surface area contributed by atoms with Crippen LogP contribution in [0.3, 0.4) is 0 Å². The number of aromatic carboxylic acids is 2. The average molecular weight is 664 g/mol. The van der Waals surface area contributed by atoms with E-state index in [0.29, 0.717) is 22.3 Å². The molecule has 7 rings (SSSR count). The summed E-state index contributed by atoms with van der Waals surface area (Å²) in [6.07, 6.45) is 0. The highest BCUT2D eigenvalue weighted by Gasteiger charge is 2.29. The molecule has 0 amide bonds. The van der Waals surface area contributed by atoms with Crippen LogP contribution in [0.5, 0.6) is 0 Å². The molecule has 5 nitrogen and oxygen atoms in total. The van der Waals surface area contributed by atoms with E-state index in [1.807, 2.05) is 30.3 Å². The second-order valence-corrected chi connectivity index (χ2v) is 16.6. The van der Waals surface area contributed by atoms with Crippen molar-refractivity contribution in [2.24, 2.45) is 0 Å². The zero-order valence-electron chi connectivity index (χ0n) is 22.4. The van der Waals surface area contributed by atoms with Gasteiger partial charge in [-0.1, -0.05) is 0 Å². The molecule has 0 spiro atoms. The fourth-order valence-electron chi connectivity index (χ4n) is 5.41. The molecule has 42 heavy (non-hydrogen) atoms. The van der Waals surface area contributed by atoms with E-state index in [-0.39, 0.29) is 11.1 Å². The minimum Gasteiger partial charge on any atom is -0.478 e. The van der Waals surface area contributed by atoms with Gasteiger partial charge in [0.2, 0.25) is 0 Å². The quantitative estimate of drug-likeness (QED) is 0.164. The van der Waals surface area contributed by atoms with E-state index in [4.69, 9.17) is 5.73 Å². The molecule has 0 radical (unpaired) electrons. The number of hydrogen-bond acceptors (Lipinski definition) is 9. The van der Waals surface area contributed by atoms with Crippen LogP contribution in [0.2, 0.25) is 0 Å². The highest BCUT2D eigenvalue weighted by molar-refractivity contribution is 7.33. The zero-order chi connectivity index (χ0) is 29.4. The Morgan fingerprint density at radius 1 is 0.548 bits per heavy atom. The lowest BCUT2D eigenvalue weighted by Crippen LogP contribution is -2.12. The van der Waals surface area contributed by atoms with Crippen molar-refractivity contribution in [3.63, 3.8) is 0 Å². The van der Waals surface area contributed by atoms with Crippen molar-refractivity contribution >= 4 is 104 Å². The van der Waals surface area contributed by atoms with Gasteiger partial charge in [0, 0.05) is 64.1 Å². The van der Waals surface area contributed by atoms with E-state index in [2.05, 4.69) is 25.1 Å². The molecule has 0 unspecified atom stereocenters. The van der Waals surface area contributed by atoms with Crippen LogP contribution in [0.25, 0.3) is 59.2 Å². The molecule has 6 heterocycles. The van der Waals surface area contributed by atoms with Crippen molar-refractivity contribution in [2.75, 3.05) is 5.73 Å². The van der Waals surface area contributed by atoms with Crippen LogP contribution in [0.15, 0.2) is 48.5 Å². The number of fused-ring (bicyclic) bond motifs is 2. The van der Waals surface area contributed by atoms with E-state index in [9.17, 15) is 19.8 Å². The van der Waals surface area contributed by atoms with Crippen molar-refractivity contribution in [3.8, 4) is 40.4 Å². The number of carbonyl (C=O) groups is 2. The molecule has 0 aliphatic rings. The Kier molecular flexibility index (Phi) is 6.65. The molecule has 0 aliphatic heterocycles. The van der Waals surface area contributed by atoms with Crippen molar-refractivity contribution in [3.05, 3.63) is 75.7 Å². The summed E-state index contributed by atoms with van der Waals surface area (Å²) in [6, 6.07) is 16.2. The maximum Gasteiger partial charge on any atom is 0.336 e. The first kappa shape index (κ1) is 27.5. The second kappa shape index (κ2) is 10.1. The molecular formula is C31H21NO4S6. The van der Waals surface area contributed by atoms with Gasteiger partial charge >= 0.3 is 11.9 Å². The molecule has 0 atom stereocenters. The molecule has 0 saturated heterocycles. The number of nitrogens with two attached hydrogens (primary N) is 1. The van der Waals surface area contributed by atoms with Gasteiger partial charge in [-0.25, -0.2) is 9.59 Å². The van der Waals surface area contributed by atoms with Gasteiger partial charge < -0.3 is 15.9 Å². The molecule has 4 N–H and O–H groups in total. The van der Waals surface area contributed by atoms with Crippen molar-refractivity contribution in [1.29, 1.82) is 0 Å². The highest BCUT2D eigenvalue weighted by Crippen LogP contribution is 2.48. The predicted octanol–water partition coefficient (Wildman–Crippen LogP) is 10.9. The van der Waals surface area contributed by atoms with Crippen LogP contribution in [0.4, 0.5) is 5.00 Å². The lowest BCUT2D eigenvalue weighted by Gasteiger charge is -2.19. The SMILES string of the molecule is Cc1cc2sc(-c3ccc(-c4c(C)c(C(=O)O)c(-c5ccc(-c6cc7sc(N)cc7s6)s5)c(C)c4C(=O)O)s3)cc2s1. The van der Waals surface area contributed by atoms with Gasteiger partial charge in [0.15, 0.2) is 0 Å². The standard InChI is InChI=1S/C31H21NO4S6/c1-12-8-19-22(37-12)9-20(40-19)15-4-6-17(38-15)26-13(2)29(31(35)36)27(14(3)28(26)30(33)34)18-7-5-16(39-18)21-10-23-24(41-21)11-25(32)42-23/h4-11H,32H2,1-3H3,(H,33,34)(H,35,36). The molecule has 0 aliphatic carbocycles. The number of anilines is 1. The molecule has 1 aromatic carbocycles. The third-order valence-corrected chi connectivity index (χ3v) is 14.1. The molecule has 11 heteroatoms. The Hall–Kier alpha value is -3.32. The molecule has 6 aromatic heterocycles. The molecule has 7 aromatic rings. The summed E-state index contributed by atoms with van der Waals surface area (Å²) in [7, 11) is 0. The van der Waals surface area contributed by atoms with E-state index in [1.165, 1.54) is 37.0 Å². The monoisotopic (exact) mass is 663 g/mol. The van der Waals surface area contributed by atoms with Crippen LogP contribution in [-0.2, 0) is 0 Å². The summed E-state index contributed by atoms with van der Waals surface area (Å²) >= 11 is 9.63. The number of benzene rings is 1. The number of carboxylic acid groups (broad SMARTS) is 2. The minimum absolute atomic E-state index is 0.142. The summed E-state index contributed by atoms with van der Waals surface area (Å²) in [6.45, 7) is 5.55. The highest BCUT2D eigenvalue weighted by atomic mass is 32.1. The largest absolute Gasteiger partial charge is 0.478 e. The van der Waals surface area contributed by atoms with Crippen molar-refractivity contribution < 1.29 is 19.8 Å². The summed E-state index contributed by atoms with van der Waals surface area (Å²) in [4.78, 5) is 32.6. The first-order chi connectivity index (χ1) is 20.1. The smallest absolute Gasteiger partial charge is 0.336 e. The van der Waals surface area contributed by atoms with Gasteiger partial charge in [0.05, 0.1) is 16.1 Å². The van der Waals surface area contributed by atoms with Crippen molar-refractivity contribution in [1.82, 2.24) is 0 Å². The fraction of sp³-hybridized carbons (Fsp3) is 0.0968. The predicted molar refractivity (Wildman–Crippen MR) is 183 cm³/mol. The van der Waals surface area contributed by atoms with E-state index in [0.717, 1.165) is 43.7 Å². The van der Waals surface area contributed by atoms with Gasteiger partial charge in [-0.3, -0.25) is 0 Å². The fourth-order valence-corrected chi connectivity index (χ4v) is 12.3. The van der Waals surface area contributed by atoms with Gasteiger partial charge in [-0.05, 0) is 80.4 Å². The maximum atomic E-state index is 12.8. The van der Waals surface area contributed by atoms with Crippen LogP contribution in [0.1, 0.15) is 36.7 Å². The first-order valence-electron chi connectivity index (χ1n) is 12.7. The Morgan fingerprint density at radius 2 is 0.976 bits per heavy atom. The number of hydrogen-bond donors (Lipinski definition) is 3. The molecule has 0 fully saturated rings. The van der Waals surface area contributed by atoms with Crippen LogP contribution < -0.4 is 5.73 Å². The van der Waals surface area contributed by atoms with E-state index >= 15 is 0 Å². The lowest BCUT2D eigenvalue weighted by molar-refractivity contribution is 0.0681. The number of nitrogen functional groups attached to an aromatic ring is 1. The van der Waals surface area contributed by atoms with Gasteiger partial charge in [0.25, 0.3) is 0 Å².